The second-order valence-electron chi connectivity index (χ2n) is 3.82. The smallest absolute Gasteiger partial charge is 0.0681 e. The van der Waals surface area contributed by atoms with Gasteiger partial charge in [-0.25, -0.2) is 0 Å². The highest BCUT2D eigenvalue weighted by Gasteiger charge is 1.97. The molecule has 1 aromatic heterocycles. The molecule has 3 nitrogen and oxygen atoms in total. The number of aryl methyl sites for hydroxylation is 1. The van der Waals surface area contributed by atoms with Crippen LogP contribution in [0.4, 0.5) is 5.69 Å². The van der Waals surface area contributed by atoms with E-state index in [9.17, 15) is 0 Å². The summed E-state index contributed by atoms with van der Waals surface area (Å²) in [6.45, 7) is 0.903. The highest BCUT2D eigenvalue weighted by molar-refractivity contribution is 5.44. The topological polar surface area (TPSA) is 37.2 Å². The van der Waals surface area contributed by atoms with Crippen LogP contribution in [0.25, 0.3) is 0 Å². The van der Waals surface area contributed by atoms with Gasteiger partial charge in [-0.15, -0.1) is 0 Å². The fourth-order valence-electron chi connectivity index (χ4n) is 1.60. The number of aromatic nitrogens is 1. The maximum atomic E-state index is 8.92. The van der Waals surface area contributed by atoms with E-state index in [1.807, 2.05) is 43.6 Å². The minimum absolute atomic E-state index is 0.0953. The minimum Gasteiger partial charge on any atom is -0.392 e. The van der Waals surface area contributed by atoms with Crippen molar-refractivity contribution in [2.45, 2.75) is 13.2 Å². The van der Waals surface area contributed by atoms with Crippen LogP contribution < -0.4 is 5.32 Å². The predicted octanol–water partition coefficient (Wildman–Crippen LogP) is 2.13. The second kappa shape index (κ2) is 4.86. The Balaban J connectivity index is 1.97. The first-order valence-corrected chi connectivity index (χ1v) is 5.33. The van der Waals surface area contributed by atoms with Gasteiger partial charge in [-0.05, 0) is 29.8 Å². The molecule has 3 heteroatoms. The molecule has 84 valence electrons. The summed E-state index contributed by atoms with van der Waals surface area (Å²) < 4.78 is 2.09. The minimum atomic E-state index is 0.0953. The highest BCUT2D eigenvalue weighted by Crippen LogP contribution is 2.11. The lowest BCUT2D eigenvalue weighted by Crippen LogP contribution is -2.03. The van der Waals surface area contributed by atoms with Crippen LogP contribution in [0.1, 0.15) is 11.3 Å². The van der Waals surface area contributed by atoms with Gasteiger partial charge in [0.1, 0.15) is 0 Å². The van der Waals surface area contributed by atoms with Crippen LogP contribution in [0, 0.1) is 0 Å². The van der Waals surface area contributed by atoms with Crippen LogP contribution in [0.5, 0.6) is 0 Å². The van der Waals surface area contributed by atoms with E-state index in [0.717, 1.165) is 17.8 Å². The molecule has 1 heterocycles. The molecular formula is C13H16N2O. The second-order valence-corrected chi connectivity index (χ2v) is 3.82. The first-order chi connectivity index (χ1) is 7.79. The Morgan fingerprint density at radius 1 is 1.19 bits per heavy atom. The van der Waals surface area contributed by atoms with Crippen molar-refractivity contribution in [1.82, 2.24) is 4.57 Å². The van der Waals surface area contributed by atoms with Gasteiger partial charge >= 0.3 is 0 Å². The highest BCUT2D eigenvalue weighted by atomic mass is 16.3. The SMILES string of the molecule is Cn1cccc1CNc1ccc(CO)cc1. The summed E-state index contributed by atoms with van der Waals surface area (Å²) in [4.78, 5) is 0. The lowest BCUT2D eigenvalue weighted by Gasteiger charge is -2.07. The molecule has 0 atom stereocenters. The van der Waals surface area contributed by atoms with E-state index < -0.39 is 0 Å². The van der Waals surface area contributed by atoms with Gasteiger partial charge in [-0.1, -0.05) is 12.1 Å². The molecule has 0 fully saturated rings. The molecular weight excluding hydrogens is 200 g/mol. The Morgan fingerprint density at radius 2 is 1.94 bits per heavy atom. The van der Waals surface area contributed by atoms with E-state index in [1.165, 1.54) is 5.69 Å². The standard InChI is InChI=1S/C13H16N2O/c1-15-8-2-3-13(15)9-14-12-6-4-11(10-16)5-7-12/h2-8,14,16H,9-10H2,1H3. The van der Waals surface area contributed by atoms with E-state index in [0.29, 0.717) is 0 Å². The van der Waals surface area contributed by atoms with Crippen molar-refractivity contribution in [2.75, 3.05) is 5.32 Å². The van der Waals surface area contributed by atoms with Crippen molar-refractivity contribution in [2.24, 2.45) is 7.05 Å². The van der Waals surface area contributed by atoms with Gasteiger partial charge in [-0.3, -0.25) is 0 Å². The first-order valence-electron chi connectivity index (χ1n) is 5.33. The summed E-state index contributed by atoms with van der Waals surface area (Å²) in [6.07, 6.45) is 2.03. The first kappa shape index (κ1) is 10.8. The van der Waals surface area contributed by atoms with Crippen molar-refractivity contribution in [3.05, 3.63) is 53.9 Å². The normalized spacial score (nSPS) is 10.4. The number of nitrogens with one attached hydrogen (secondary N) is 1. The van der Waals surface area contributed by atoms with Crippen LogP contribution in [-0.2, 0) is 20.2 Å². The molecule has 0 spiro atoms. The summed E-state index contributed by atoms with van der Waals surface area (Å²) in [6, 6.07) is 11.9. The van der Waals surface area contributed by atoms with E-state index in [-0.39, 0.29) is 6.61 Å². The van der Waals surface area contributed by atoms with Gasteiger partial charge in [0.15, 0.2) is 0 Å². The summed E-state index contributed by atoms with van der Waals surface area (Å²) in [5.41, 5.74) is 3.24. The average molecular weight is 216 g/mol. The largest absolute Gasteiger partial charge is 0.392 e. The van der Waals surface area contributed by atoms with Gasteiger partial charge in [0.05, 0.1) is 13.2 Å². The zero-order valence-electron chi connectivity index (χ0n) is 9.35. The van der Waals surface area contributed by atoms with E-state index in [1.54, 1.807) is 0 Å². The summed E-state index contributed by atoms with van der Waals surface area (Å²) in [5, 5.41) is 12.3. The van der Waals surface area contributed by atoms with Crippen LogP contribution in [0.3, 0.4) is 0 Å². The molecule has 0 aliphatic rings. The molecule has 0 saturated heterocycles. The van der Waals surface area contributed by atoms with E-state index in [4.69, 9.17) is 5.11 Å². The Hall–Kier alpha value is -1.74. The van der Waals surface area contributed by atoms with Crippen LogP contribution in [-0.4, -0.2) is 9.67 Å². The van der Waals surface area contributed by atoms with Crippen molar-refractivity contribution in [3.63, 3.8) is 0 Å². The van der Waals surface area contributed by atoms with Crippen molar-refractivity contribution in [1.29, 1.82) is 0 Å². The monoisotopic (exact) mass is 216 g/mol. The zero-order chi connectivity index (χ0) is 11.4. The van der Waals surface area contributed by atoms with Crippen LogP contribution >= 0.6 is 0 Å². The van der Waals surface area contributed by atoms with Crippen molar-refractivity contribution < 1.29 is 5.11 Å². The molecule has 0 aliphatic heterocycles. The molecule has 2 rings (SSSR count). The van der Waals surface area contributed by atoms with Crippen LogP contribution in [0.15, 0.2) is 42.6 Å². The maximum Gasteiger partial charge on any atom is 0.0681 e. The zero-order valence-corrected chi connectivity index (χ0v) is 9.35. The third-order valence-corrected chi connectivity index (χ3v) is 2.66. The third kappa shape index (κ3) is 2.44. The number of benzene rings is 1. The molecule has 0 unspecified atom stereocenters. The fraction of sp³-hybridized carbons (Fsp3) is 0.231. The number of hydrogen-bond acceptors (Lipinski definition) is 2. The fourth-order valence-corrected chi connectivity index (χ4v) is 1.60. The third-order valence-electron chi connectivity index (χ3n) is 2.66. The number of aliphatic hydroxyl groups excluding tert-OH is 1. The average Bonchev–Trinajstić information content (AvgIpc) is 2.73. The Morgan fingerprint density at radius 3 is 2.50 bits per heavy atom. The molecule has 2 aromatic rings. The number of anilines is 1. The molecule has 16 heavy (non-hydrogen) atoms. The molecule has 1 aromatic carbocycles. The predicted molar refractivity (Wildman–Crippen MR) is 65.1 cm³/mol. The summed E-state index contributed by atoms with van der Waals surface area (Å²) in [7, 11) is 2.03. The van der Waals surface area contributed by atoms with E-state index >= 15 is 0 Å². The molecule has 0 amide bonds. The van der Waals surface area contributed by atoms with Crippen molar-refractivity contribution >= 4 is 5.69 Å². The molecule has 0 radical (unpaired) electrons. The lowest BCUT2D eigenvalue weighted by atomic mass is 10.2. The van der Waals surface area contributed by atoms with E-state index in [2.05, 4.69) is 16.0 Å². The van der Waals surface area contributed by atoms with Gasteiger partial charge in [0.2, 0.25) is 0 Å². The quantitative estimate of drug-likeness (QED) is 0.821. The number of rotatable bonds is 4. The Kier molecular flexibility index (Phi) is 3.27. The lowest BCUT2D eigenvalue weighted by molar-refractivity contribution is 0.282. The molecule has 0 bridgehead atoms. The molecule has 0 saturated carbocycles. The number of aliphatic hydroxyl groups is 1. The van der Waals surface area contributed by atoms with Gasteiger partial charge in [-0.2, -0.15) is 0 Å². The molecule has 0 aliphatic carbocycles. The van der Waals surface area contributed by atoms with Crippen LogP contribution in [0.2, 0.25) is 0 Å². The molecule has 2 N–H and O–H groups in total. The van der Waals surface area contributed by atoms with Gasteiger partial charge in [0, 0.05) is 24.6 Å². The Labute approximate surface area is 95.3 Å². The Bertz CT molecular complexity index is 445. The van der Waals surface area contributed by atoms with Gasteiger partial charge < -0.3 is 15.0 Å². The van der Waals surface area contributed by atoms with Gasteiger partial charge in [0.25, 0.3) is 0 Å². The maximum absolute atomic E-state index is 8.92. The summed E-state index contributed by atoms with van der Waals surface area (Å²) >= 11 is 0. The number of hydrogen-bond donors (Lipinski definition) is 2. The number of nitrogens with zero attached hydrogens (tertiary/aromatic N) is 1. The van der Waals surface area contributed by atoms with Crippen molar-refractivity contribution in [3.8, 4) is 0 Å². The summed E-state index contributed by atoms with van der Waals surface area (Å²) in [5.74, 6) is 0.